The summed E-state index contributed by atoms with van der Waals surface area (Å²) in [6.45, 7) is 0. The third kappa shape index (κ3) is 3.88. The summed E-state index contributed by atoms with van der Waals surface area (Å²) < 4.78 is 14.3. The van der Waals surface area contributed by atoms with Gasteiger partial charge in [-0.25, -0.2) is 4.39 Å². The zero-order valence-corrected chi connectivity index (χ0v) is 17.0. The Kier molecular flexibility index (Phi) is 5.58. The fraction of sp³-hybridized carbons (Fsp3) is 0.208. The first-order valence-electron chi connectivity index (χ1n) is 9.51. The summed E-state index contributed by atoms with van der Waals surface area (Å²) in [6.07, 6.45) is 2.77. The SMILES string of the molecule is O=C1[C@H](CCCc2ccccc2)[C@@H](c2ccc(Br)cc2)N1c1ccc(F)cc1. The molecule has 0 saturated carbocycles. The van der Waals surface area contributed by atoms with E-state index in [1.54, 1.807) is 17.0 Å². The second-order valence-corrected chi connectivity index (χ2v) is 8.08. The number of aryl methyl sites for hydroxylation is 1. The third-order valence-corrected chi connectivity index (χ3v) is 5.88. The number of β-lactam (4-membered cyclic amide) rings is 1. The molecule has 1 aliphatic rings. The van der Waals surface area contributed by atoms with Crippen LogP contribution in [0.2, 0.25) is 0 Å². The molecular weight excluding hydrogens is 417 g/mol. The van der Waals surface area contributed by atoms with Crippen LogP contribution >= 0.6 is 15.9 Å². The van der Waals surface area contributed by atoms with E-state index in [1.807, 2.05) is 30.3 Å². The summed E-state index contributed by atoms with van der Waals surface area (Å²) >= 11 is 3.48. The molecule has 2 nitrogen and oxygen atoms in total. The van der Waals surface area contributed by atoms with E-state index in [2.05, 4.69) is 40.2 Å². The number of halogens is 2. The van der Waals surface area contributed by atoms with Gasteiger partial charge in [-0.15, -0.1) is 0 Å². The van der Waals surface area contributed by atoms with E-state index < -0.39 is 0 Å². The minimum Gasteiger partial charge on any atom is -0.304 e. The van der Waals surface area contributed by atoms with Crippen LogP contribution in [-0.2, 0) is 11.2 Å². The van der Waals surface area contributed by atoms with Gasteiger partial charge in [-0.2, -0.15) is 0 Å². The van der Waals surface area contributed by atoms with Gasteiger partial charge < -0.3 is 4.90 Å². The van der Waals surface area contributed by atoms with Crippen molar-refractivity contribution in [2.75, 3.05) is 4.90 Å². The van der Waals surface area contributed by atoms with Crippen molar-refractivity contribution >= 4 is 27.5 Å². The van der Waals surface area contributed by atoms with Crippen molar-refractivity contribution in [3.8, 4) is 0 Å². The number of nitrogens with zero attached hydrogens (tertiary/aromatic N) is 1. The Labute approximate surface area is 173 Å². The number of rotatable bonds is 6. The summed E-state index contributed by atoms with van der Waals surface area (Å²) in [4.78, 5) is 14.8. The van der Waals surface area contributed by atoms with Crippen LogP contribution in [0, 0.1) is 11.7 Å². The fourth-order valence-corrected chi connectivity index (χ4v) is 4.20. The smallest absolute Gasteiger partial charge is 0.233 e. The lowest BCUT2D eigenvalue weighted by Crippen LogP contribution is -2.55. The van der Waals surface area contributed by atoms with Crippen molar-refractivity contribution in [3.05, 3.63) is 100 Å². The molecule has 1 amide bonds. The lowest BCUT2D eigenvalue weighted by Gasteiger charge is -2.47. The van der Waals surface area contributed by atoms with Crippen LogP contribution in [0.1, 0.15) is 30.0 Å². The van der Waals surface area contributed by atoms with Crippen molar-refractivity contribution in [3.63, 3.8) is 0 Å². The minimum atomic E-state index is -0.295. The van der Waals surface area contributed by atoms with Crippen LogP contribution in [0.3, 0.4) is 0 Å². The average Bonchev–Trinajstić information content (AvgIpc) is 2.72. The first-order chi connectivity index (χ1) is 13.6. The highest BCUT2D eigenvalue weighted by molar-refractivity contribution is 9.10. The Hall–Kier alpha value is -2.46. The van der Waals surface area contributed by atoms with Crippen molar-refractivity contribution in [2.24, 2.45) is 5.92 Å². The molecule has 0 bridgehead atoms. The molecule has 0 radical (unpaired) electrons. The second kappa shape index (κ2) is 8.27. The number of anilines is 1. The molecular formula is C24H21BrFNO. The summed E-state index contributed by atoms with van der Waals surface area (Å²) in [5.41, 5.74) is 3.15. The molecule has 2 atom stereocenters. The molecule has 28 heavy (non-hydrogen) atoms. The zero-order valence-electron chi connectivity index (χ0n) is 15.4. The summed E-state index contributed by atoms with van der Waals surface area (Å²) in [5.74, 6) is -0.223. The van der Waals surface area contributed by atoms with Gasteiger partial charge in [0.15, 0.2) is 0 Å². The fourth-order valence-electron chi connectivity index (χ4n) is 3.93. The molecule has 1 aliphatic heterocycles. The predicted molar refractivity (Wildman–Crippen MR) is 114 cm³/mol. The quantitative estimate of drug-likeness (QED) is 0.413. The van der Waals surface area contributed by atoms with Crippen molar-refractivity contribution in [2.45, 2.75) is 25.3 Å². The summed E-state index contributed by atoms with van der Waals surface area (Å²) in [7, 11) is 0. The van der Waals surface area contributed by atoms with Gasteiger partial charge in [-0.3, -0.25) is 4.79 Å². The topological polar surface area (TPSA) is 20.3 Å². The molecule has 3 aromatic rings. The maximum atomic E-state index is 13.3. The van der Waals surface area contributed by atoms with Gasteiger partial charge in [0.25, 0.3) is 0 Å². The normalized spacial score (nSPS) is 18.8. The van der Waals surface area contributed by atoms with Gasteiger partial charge in [0.2, 0.25) is 5.91 Å². The number of hydrogen-bond acceptors (Lipinski definition) is 1. The van der Waals surface area contributed by atoms with E-state index in [0.717, 1.165) is 35.0 Å². The maximum absolute atomic E-state index is 13.3. The third-order valence-electron chi connectivity index (χ3n) is 5.35. The number of amides is 1. The lowest BCUT2D eigenvalue weighted by atomic mass is 9.78. The molecule has 3 aromatic carbocycles. The van der Waals surface area contributed by atoms with E-state index in [9.17, 15) is 9.18 Å². The predicted octanol–water partition coefficient (Wildman–Crippen LogP) is 6.32. The highest BCUT2D eigenvalue weighted by atomic mass is 79.9. The molecule has 142 valence electrons. The Balaban J connectivity index is 1.53. The Morgan fingerprint density at radius 2 is 1.57 bits per heavy atom. The van der Waals surface area contributed by atoms with E-state index >= 15 is 0 Å². The van der Waals surface area contributed by atoms with Gasteiger partial charge in [0, 0.05) is 10.2 Å². The zero-order chi connectivity index (χ0) is 19.5. The number of carbonyl (C=O) groups is 1. The molecule has 1 heterocycles. The molecule has 0 unspecified atom stereocenters. The molecule has 4 rings (SSSR count). The van der Waals surface area contributed by atoms with Crippen molar-refractivity contribution in [1.29, 1.82) is 0 Å². The Bertz CT molecular complexity index is 941. The van der Waals surface area contributed by atoms with Crippen molar-refractivity contribution in [1.82, 2.24) is 0 Å². The van der Waals surface area contributed by atoms with Crippen LogP contribution in [0.15, 0.2) is 83.3 Å². The summed E-state index contributed by atoms with van der Waals surface area (Å²) in [6, 6.07) is 24.6. The van der Waals surface area contributed by atoms with E-state index in [0.29, 0.717) is 0 Å². The number of benzene rings is 3. The van der Waals surface area contributed by atoms with Crippen LogP contribution < -0.4 is 4.90 Å². The molecule has 4 heteroatoms. The maximum Gasteiger partial charge on any atom is 0.233 e. The van der Waals surface area contributed by atoms with Crippen LogP contribution in [-0.4, -0.2) is 5.91 Å². The first kappa shape index (κ1) is 18.9. The van der Waals surface area contributed by atoms with Crippen LogP contribution in [0.4, 0.5) is 10.1 Å². The summed E-state index contributed by atoms with van der Waals surface area (Å²) in [5, 5.41) is 0. The van der Waals surface area contributed by atoms with Gasteiger partial charge in [0.1, 0.15) is 5.82 Å². The molecule has 1 fully saturated rings. The monoisotopic (exact) mass is 437 g/mol. The molecule has 0 aliphatic carbocycles. The van der Waals surface area contributed by atoms with E-state index in [4.69, 9.17) is 0 Å². The Morgan fingerprint density at radius 1 is 0.893 bits per heavy atom. The number of hydrogen-bond donors (Lipinski definition) is 0. The standard InChI is InChI=1S/C24H21BrFNO/c25-19-11-9-18(10-12-19)23-22(8-4-7-17-5-2-1-3-6-17)24(28)27(23)21-15-13-20(26)14-16-21/h1-3,5-6,9-16,22-23H,4,7-8H2/t22-,23-/m1/s1. The van der Waals surface area contributed by atoms with Crippen LogP contribution in [0.5, 0.6) is 0 Å². The molecule has 0 aromatic heterocycles. The van der Waals surface area contributed by atoms with Gasteiger partial charge in [0.05, 0.1) is 12.0 Å². The van der Waals surface area contributed by atoms with Gasteiger partial charge >= 0.3 is 0 Å². The van der Waals surface area contributed by atoms with Crippen molar-refractivity contribution < 1.29 is 9.18 Å². The second-order valence-electron chi connectivity index (χ2n) is 7.17. The van der Waals surface area contributed by atoms with Gasteiger partial charge in [-0.05, 0) is 66.8 Å². The number of carbonyl (C=O) groups excluding carboxylic acids is 1. The lowest BCUT2D eigenvalue weighted by molar-refractivity contribution is -0.130. The Morgan fingerprint density at radius 3 is 2.25 bits per heavy atom. The largest absolute Gasteiger partial charge is 0.304 e. The van der Waals surface area contributed by atoms with E-state index in [1.165, 1.54) is 17.7 Å². The molecule has 1 saturated heterocycles. The van der Waals surface area contributed by atoms with Crippen LogP contribution in [0.25, 0.3) is 0 Å². The highest BCUT2D eigenvalue weighted by Crippen LogP contribution is 2.45. The van der Waals surface area contributed by atoms with E-state index in [-0.39, 0.29) is 23.7 Å². The molecule has 0 spiro atoms. The van der Waals surface area contributed by atoms with Gasteiger partial charge in [-0.1, -0.05) is 58.4 Å². The average molecular weight is 438 g/mol. The molecule has 0 N–H and O–H groups in total. The highest BCUT2D eigenvalue weighted by Gasteiger charge is 2.48. The first-order valence-corrected chi connectivity index (χ1v) is 10.3. The minimum absolute atomic E-state index is 0.0122.